The van der Waals surface area contributed by atoms with Gasteiger partial charge in [-0.05, 0) is 64.1 Å². The number of nitrogens with one attached hydrogen (secondary N) is 1. The first-order valence-corrected chi connectivity index (χ1v) is 9.18. The van der Waals surface area contributed by atoms with E-state index in [4.69, 9.17) is 4.74 Å². The summed E-state index contributed by atoms with van der Waals surface area (Å²) < 4.78 is 19.6. The Bertz CT molecular complexity index is 925. The van der Waals surface area contributed by atoms with E-state index in [9.17, 15) is 14.0 Å². The number of imide groups is 1. The average molecular weight is 478 g/mol. The normalized spacial score (nSPS) is 15.2. The first-order chi connectivity index (χ1) is 13.0. The number of carbonyl (C=O) groups is 2. The van der Waals surface area contributed by atoms with Crippen LogP contribution in [-0.2, 0) is 11.4 Å². The number of nitrogens with zero attached hydrogens (tertiary/aromatic N) is 1. The summed E-state index contributed by atoms with van der Waals surface area (Å²) in [5.41, 5.74) is 1.84. The van der Waals surface area contributed by atoms with Crippen LogP contribution in [0.4, 0.5) is 9.18 Å². The molecule has 2 aromatic rings. The topological polar surface area (TPSA) is 58.6 Å². The molecule has 0 saturated carbocycles. The van der Waals surface area contributed by atoms with E-state index in [1.54, 1.807) is 30.3 Å². The van der Waals surface area contributed by atoms with Gasteiger partial charge in [0.1, 0.15) is 23.9 Å². The highest BCUT2D eigenvalue weighted by Crippen LogP contribution is 2.25. The maximum atomic E-state index is 12.9. The summed E-state index contributed by atoms with van der Waals surface area (Å²) in [6.07, 6.45) is 3.12. The minimum atomic E-state index is -0.458. The number of benzene rings is 2. The number of halogens is 2. The second-order valence-corrected chi connectivity index (χ2v) is 6.96. The second-order valence-electron chi connectivity index (χ2n) is 5.80. The molecule has 0 bridgehead atoms. The zero-order valence-corrected chi connectivity index (χ0v) is 16.4. The van der Waals surface area contributed by atoms with Crippen LogP contribution in [0.3, 0.4) is 0 Å². The van der Waals surface area contributed by atoms with Crippen molar-refractivity contribution in [3.8, 4) is 5.75 Å². The largest absolute Gasteiger partial charge is 0.488 e. The monoisotopic (exact) mass is 478 g/mol. The van der Waals surface area contributed by atoms with Gasteiger partial charge in [0.2, 0.25) is 0 Å². The minimum absolute atomic E-state index is 0.162. The Labute approximate surface area is 169 Å². The van der Waals surface area contributed by atoms with E-state index in [2.05, 4.69) is 34.5 Å². The van der Waals surface area contributed by atoms with Gasteiger partial charge < -0.3 is 10.1 Å². The van der Waals surface area contributed by atoms with Gasteiger partial charge in [-0.15, -0.1) is 6.58 Å². The van der Waals surface area contributed by atoms with Crippen LogP contribution in [0.2, 0.25) is 0 Å². The molecule has 3 rings (SSSR count). The highest BCUT2D eigenvalue weighted by molar-refractivity contribution is 14.1. The third kappa shape index (κ3) is 4.54. The molecule has 0 atom stereocenters. The third-order valence-corrected chi connectivity index (χ3v) is 4.69. The van der Waals surface area contributed by atoms with Crippen molar-refractivity contribution >= 4 is 40.6 Å². The molecule has 138 valence electrons. The molecular weight excluding hydrogens is 462 g/mol. The maximum absolute atomic E-state index is 12.9. The number of carbonyl (C=O) groups excluding carboxylic acids is 2. The van der Waals surface area contributed by atoms with Crippen molar-refractivity contribution in [3.05, 3.63) is 81.3 Å². The van der Waals surface area contributed by atoms with Gasteiger partial charge in [-0.2, -0.15) is 0 Å². The quantitative estimate of drug-likeness (QED) is 0.295. The third-order valence-electron chi connectivity index (χ3n) is 3.85. The molecule has 27 heavy (non-hydrogen) atoms. The molecule has 5 nitrogen and oxygen atoms in total. The predicted octanol–water partition coefficient (Wildman–Crippen LogP) is 4.09. The van der Waals surface area contributed by atoms with Gasteiger partial charge in [-0.3, -0.25) is 9.69 Å². The number of hydrogen-bond acceptors (Lipinski definition) is 3. The summed E-state index contributed by atoms with van der Waals surface area (Å²) in [5, 5.41) is 2.56. The zero-order chi connectivity index (χ0) is 19.4. The molecule has 0 spiro atoms. The van der Waals surface area contributed by atoms with Gasteiger partial charge in [0.05, 0.1) is 3.57 Å². The van der Waals surface area contributed by atoms with Crippen molar-refractivity contribution in [3.63, 3.8) is 0 Å². The Balaban J connectivity index is 1.71. The fraction of sp³-hybridized carbons (Fsp3) is 0.100. The van der Waals surface area contributed by atoms with Crippen LogP contribution in [0.25, 0.3) is 6.08 Å². The Morgan fingerprint density at radius 3 is 2.59 bits per heavy atom. The first kappa shape index (κ1) is 19.1. The lowest BCUT2D eigenvalue weighted by Crippen LogP contribution is -2.30. The smallest absolute Gasteiger partial charge is 0.329 e. The fourth-order valence-electron chi connectivity index (χ4n) is 2.50. The summed E-state index contributed by atoms with van der Waals surface area (Å²) in [6.45, 7) is 4.02. The maximum Gasteiger partial charge on any atom is 0.329 e. The first-order valence-electron chi connectivity index (χ1n) is 8.10. The van der Waals surface area contributed by atoms with Crippen LogP contribution in [0.5, 0.6) is 5.75 Å². The van der Waals surface area contributed by atoms with Gasteiger partial charge in [0.25, 0.3) is 5.91 Å². The SMILES string of the molecule is C=CCN1C(=O)N/C(=C/c2ccc(OCc3ccc(F)cc3)c(I)c2)C1=O. The van der Waals surface area contributed by atoms with Crippen LogP contribution in [0.15, 0.2) is 60.8 Å². The lowest BCUT2D eigenvalue weighted by molar-refractivity contribution is -0.122. The number of amides is 3. The van der Waals surface area contributed by atoms with Crippen LogP contribution >= 0.6 is 22.6 Å². The van der Waals surface area contributed by atoms with Crippen LogP contribution < -0.4 is 10.1 Å². The molecule has 3 amide bonds. The van der Waals surface area contributed by atoms with E-state index in [1.165, 1.54) is 18.2 Å². The lowest BCUT2D eigenvalue weighted by atomic mass is 10.2. The number of urea groups is 1. The van der Waals surface area contributed by atoms with Crippen molar-refractivity contribution in [2.75, 3.05) is 6.54 Å². The van der Waals surface area contributed by atoms with Crippen molar-refractivity contribution in [2.24, 2.45) is 0 Å². The summed E-state index contributed by atoms with van der Waals surface area (Å²) in [6, 6.07) is 11.1. The van der Waals surface area contributed by atoms with Gasteiger partial charge in [0.15, 0.2) is 0 Å². The summed E-state index contributed by atoms with van der Waals surface area (Å²) >= 11 is 2.14. The molecule has 1 heterocycles. The van der Waals surface area contributed by atoms with Crippen LogP contribution in [0, 0.1) is 9.39 Å². The second kappa shape index (κ2) is 8.34. The summed E-state index contributed by atoms with van der Waals surface area (Å²) in [7, 11) is 0. The number of rotatable bonds is 6. The molecule has 1 N–H and O–H groups in total. The van der Waals surface area contributed by atoms with E-state index in [1.807, 2.05) is 6.07 Å². The van der Waals surface area contributed by atoms with Crippen molar-refractivity contribution in [1.29, 1.82) is 0 Å². The average Bonchev–Trinajstić information content (AvgIpc) is 2.90. The standard InChI is InChI=1S/C20H16FIN2O3/c1-2-9-24-19(25)17(23-20(24)26)11-14-5-8-18(16(22)10-14)27-12-13-3-6-15(21)7-4-13/h2-8,10-11H,1,9,12H2,(H,23,26)/b17-11+. The predicted molar refractivity (Wildman–Crippen MR) is 108 cm³/mol. The van der Waals surface area contributed by atoms with Gasteiger partial charge in [-0.1, -0.05) is 24.3 Å². The number of hydrogen-bond donors (Lipinski definition) is 1. The summed E-state index contributed by atoms with van der Waals surface area (Å²) in [4.78, 5) is 25.1. The lowest BCUT2D eigenvalue weighted by Gasteiger charge is -2.09. The molecule has 1 aliphatic heterocycles. The van der Waals surface area contributed by atoms with Crippen molar-refractivity contribution in [2.45, 2.75) is 6.61 Å². The molecular formula is C20H16FIN2O3. The Kier molecular flexibility index (Phi) is 5.90. The molecule has 7 heteroatoms. The number of ether oxygens (including phenoxy) is 1. The van der Waals surface area contributed by atoms with Gasteiger partial charge in [0, 0.05) is 6.54 Å². The molecule has 0 aromatic heterocycles. The molecule has 0 unspecified atom stereocenters. The van der Waals surface area contributed by atoms with Crippen LogP contribution in [-0.4, -0.2) is 23.4 Å². The van der Waals surface area contributed by atoms with E-state index >= 15 is 0 Å². The van der Waals surface area contributed by atoms with Crippen molar-refractivity contribution in [1.82, 2.24) is 10.2 Å². The molecule has 1 saturated heterocycles. The minimum Gasteiger partial charge on any atom is -0.488 e. The highest BCUT2D eigenvalue weighted by Gasteiger charge is 2.32. The van der Waals surface area contributed by atoms with Gasteiger partial charge in [-0.25, -0.2) is 9.18 Å². The Morgan fingerprint density at radius 1 is 1.19 bits per heavy atom. The van der Waals surface area contributed by atoms with E-state index in [-0.39, 0.29) is 24.0 Å². The molecule has 2 aromatic carbocycles. The zero-order valence-electron chi connectivity index (χ0n) is 14.2. The highest BCUT2D eigenvalue weighted by atomic mass is 127. The van der Waals surface area contributed by atoms with Crippen LogP contribution in [0.1, 0.15) is 11.1 Å². The molecule has 1 aliphatic rings. The van der Waals surface area contributed by atoms with E-state index in [0.717, 1.165) is 19.6 Å². The molecule has 0 radical (unpaired) electrons. The molecule has 1 fully saturated rings. The molecule has 0 aliphatic carbocycles. The van der Waals surface area contributed by atoms with E-state index in [0.29, 0.717) is 12.4 Å². The van der Waals surface area contributed by atoms with Gasteiger partial charge >= 0.3 is 6.03 Å². The Hall–Kier alpha value is -2.68. The van der Waals surface area contributed by atoms with E-state index < -0.39 is 6.03 Å². The Morgan fingerprint density at radius 2 is 1.93 bits per heavy atom. The fourth-order valence-corrected chi connectivity index (χ4v) is 3.19. The summed E-state index contributed by atoms with van der Waals surface area (Å²) in [5.74, 6) is 0.00890. The van der Waals surface area contributed by atoms with Crippen molar-refractivity contribution < 1.29 is 18.7 Å².